The van der Waals surface area contributed by atoms with E-state index in [0.717, 1.165) is 48.3 Å². The molecule has 2 aromatic rings. The number of anilines is 3. The summed E-state index contributed by atoms with van der Waals surface area (Å²) in [7, 11) is 0. The van der Waals surface area contributed by atoms with Gasteiger partial charge in [-0.1, -0.05) is 19.3 Å². The minimum Gasteiger partial charge on any atom is -0.492 e. The van der Waals surface area contributed by atoms with Crippen LogP contribution in [0.1, 0.15) is 44.9 Å². The predicted molar refractivity (Wildman–Crippen MR) is 116 cm³/mol. The first kappa shape index (κ1) is 20.5. The maximum Gasteiger partial charge on any atom is 0.345 e. The van der Waals surface area contributed by atoms with Crippen molar-refractivity contribution in [3.05, 3.63) is 24.3 Å². The number of hydrogen-bond donors (Lipinski definition) is 3. The topological polar surface area (TPSA) is 110 Å². The molecule has 2 fully saturated rings. The molecule has 162 valence electrons. The molecule has 0 atom stereocenters. The van der Waals surface area contributed by atoms with Crippen LogP contribution < -0.4 is 21.1 Å². The Morgan fingerprint density at radius 3 is 2.57 bits per heavy atom. The molecule has 2 heterocycles. The highest BCUT2D eigenvalue weighted by Crippen LogP contribution is 2.20. The van der Waals surface area contributed by atoms with Crippen LogP contribution in [0.2, 0.25) is 0 Å². The van der Waals surface area contributed by atoms with Gasteiger partial charge in [-0.3, -0.25) is 4.90 Å². The Morgan fingerprint density at radius 1 is 1.10 bits per heavy atom. The van der Waals surface area contributed by atoms with E-state index in [2.05, 4.69) is 25.6 Å². The smallest absolute Gasteiger partial charge is 0.345 e. The molecule has 1 aliphatic heterocycles. The number of likely N-dealkylation sites (tertiary alicyclic amines) is 1. The second-order valence-corrected chi connectivity index (χ2v) is 8.04. The van der Waals surface area contributed by atoms with Crippen molar-refractivity contribution in [2.45, 2.75) is 51.0 Å². The number of nitrogen functional groups attached to an aromatic ring is 1. The number of ether oxygens (including phenoxy) is 1. The summed E-state index contributed by atoms with van der Waals surface area (Å²) in [6.45, 7) is 4.00. The number of nitrogens with one attached hydrogen (secondary N) is 2. The average molecular weight is 414 g/mol. The Balaban J connectivity index is 1.27. The number of carbonyl (C=O) groups excluding carboxylic acids is 1. The summed E-state index contributed by atoms with van der Waals surface area (Å²) in [5.41, 5.74) is 6.67. The predicted octanol–water partition coefficient (Wildman–Crippen LogP) is 2.97. The first-order chi connectivity index (χ1) is 14.7. The van der Waals surface area contributed by atoms with Crippen molar-refractivity contribution in [3.8, 4) is 5.75 Å². The van der Waals surface area contributed by atoms with Crippen molar-refractivity contribution in [2.75, 3.05) is 37.3 Å². The second-order valence-electron chi connectivity index (χ2n) is 8.04. The van der Waals surface area contributed by atoms with Gasteiger partial charge in [0.1, 0.15) is 12.4 Å². The number of amides is 1. The fraction of sp³-hybridized carbons (Fsp3) is 0.571. The summed E-state index contributed by atoms with van der Waals surface area (Å²) in [5.74, 6) is 1.17. The lowest BCUT2D eigenvalue weighted by atomic mass is 10.1. The Kier molecular flexibility index (Phi) is 6.68. The van der Waals surface area contributed by atoms with Gasteiger partial charge >= 0.3 is 6.03 Å². The Hall–Kier alpha value is -2.81. The number of piperidine rings is 1. The molecule has 4 N–H and O–H groups in total. The number of rotatable bonds is 7. The van der Waals surface area contributed by atoms with Gasteiger partial charge in [0.15, 0.2) is 0 Å². The number of benzene rings is 1. The summed E-state index contributed by atoms with van der Waals surface area (Å²) in [4.78, 5) is 19.0. The molecular weight excluding hydrogens is 382 g/mol. The van der Waals surface area contributed by atoms with Crippen molar-refractivity contribution in [1.82, 2.24) is 25.0 Å². The second kappa shape index (κ2) is 9.80. The van der Waals surface area contributed by atoms with Gasteiger partial charge in [0.2, 0.25) is 11.9 Å². The lowest BCUT2D eigenvalue weighted by Crippen LogP contribution is -2.37. The molecule has 1 aromatic heterocycles. The van der Waals surface area contributed by atoms with Crippen molar-refractivity contribution in [1.29, 1.82) is 0 Å². The first-order valence-electron chi connectivity index (χ1n) is 10.9. The Morgan fingerprint density at radius 2 is 1.83 bits per heavy atom. The van der Waals surface area contributed by atoms with E-state index in [1.54, 1.807) is 0 Å². The van der Waals surface area contributed by atoms with E-state index >= 15 is 0 Å². The van der Waals surface area contributed by atoms with Crippen LogP contribution in [-0.2, 0) is 0 Å². The van der Waals surface area contributed by atoms with Gasteiger partial charge in [-0.2, -0.15) is 4.98 Å². The molecule has 2 aliphatic rings. The molecule has 1 saturated heterocycles. The molecule has 9 nitrogen and oxygen atoms in total. The van der Waals surface area contributed by atoms with Crippen LogP contribution in [0.3, 0.4) is 0 Å². The number of carbonyl (C=O) groups is 1. The van der Waals surface area contributed by atoms with Crippen LogP contribution in [0, 0.1) is 0 Å². The molecule has 30 heavy (non-hydrogen) atoms. The number of nitrogens with two attached hydrogens (primary N) is 1. The number of nitrogens with zero attached hydrogens (tertiary/aromatic N) is 4. The van der Waals surface area contributed by atoms with Crippen LogP contribution in [0.25, 0.3) is 0 Å². The fourth-order valence-electron chi connectivity index (χ4n) is 4.07. The van der Waals surface area contributed by atoms with Crippen LogP contribution in [0.15, 0.2) is 24.3 Å². The lowest BCUT2D eigenvalue weighted by molar-refractivity contribution is 0.183. The molecule has 0 unspecified atom stereocenters. The molecule has 0 radical (unpaired) electrons. The molecular formula is C21H31N7O2. The van der Waals surface area contributed by atoms with Gasteiger partial charge in [0.05, 0.1) is 0 Å². The summed E-state index contributed by atoms with van der Waals surface area (Å²) in [6.07, 6.45) is 8.20. The Labute approximate surface area is 177 Å². The van der Waals surface area contributed by atoms with Gasteiger partial charge in [-0.15, -0.1) is 9.78 Å². The maximum absolute atomic E-state index is 12.4. The molecule has 1 aromatic carbocycles. The highest BCUT2D eigenvalue weighted by atomic mass is 16.5. The van der Waals surface area contributed by atoms with E-state index < -0.39 is 0 Å². The highest BCUT2D eigenvalue weighted by Gasteiger charge is 2.20. The van der Waals surface area contributed by atoms with Crippen LogP contribution in [0.5, 0.6) is 5.75 Å². The van der Waals surface area contributed by atoms with Crippen molar-refractivity contribution >= 4 is 23.6 Å². The van der Waals surface area contributed by atoms with Gasteiger partial charge in [-0.25, -0.2) is 4.79 Å². The molecule has 9 heteroatoms. The van der Waals surface area contributed by atoms with E-state index in [-0.39, 0.29) is 24.0 Å². The number of aromatic nitrogens is 3. The summed E-state index contributed by atoms with van der Waals surface area (Å²) < 4.78 is 6.96. The molecule has 1 amide bonds. The normalized spacial score (nSPS) is 17.7. The monoisotopic (exact) mass is 413 g/mol. The third-order valence-electron chi connectivity index (χ3n) is 5.74. The third-order valence-corrected chi connectivity index (χ3v) is 5.74. The SMILES string of the molecule is Nc1nc(Nc2ccc(OCCN3CCCCC3)cc2)nn1C(=O)NC1CCCC1. The number of hydrogen-bond acceptors (Lipinski definition) is 7. The molecule has 1 aliphatic carbocycles. The van der Waals surface area contributed by atoms with Gasteiger partial charge in [0, 0.05) is 18.3 Å². The largest absolute Gasteiger partial charge is 0.492 e. The van der Waals surface area contributed by atoms with E-state index in [0.29, 0.717) is 6.61 Å². The summed E-state index contributed by atoms with van der Waals surface area (Å²) >= 11 is 0. The highest BCUT2D eigenvalue weighted by molar-refractivity contribution is 5.79. The average Bonchev–Trinajstić information content (AvgIpc) is 3.39. The van der Waals surface area contributed by atoms with Gasteiger partial charge in [0.25, 0.3) is 0 Å². The van der Waals surface area contributed by atoms with E-state index in [1.807, 2.05) is 24.3 Å². The molecule has 0 spiro atoms. The molecule has 1 saturated carbocycles. The van der Waals surface area contributed by atoms with E-state index in [4.69, 9.17) is 10.5 Å². The van der Waals surface area contributed by atoms with Crippen molar-refractivity contribution in [2.24, 2.45) is 0 Å². The van der Waals surface area contributed by atoms with Gasteiger partial charge in [-0.05, 0) is 63.0 Å². The third kappa shape index (κ3) is 5.41. The van der Waals surface area contributed by atoms with Gasteiger partial charge < -0.3 is 21.1 Å². The zero-order valence-corrected chi connectivity index (χ0v) is 17.3. The quantitative estimate of drug-likeness (QED) is 0.640. The minimum atomic E-state index is -0.336. The zero-order valence-electron chi connectivity index (χ0n) is 17.3. The lowest BCUT2D eigenvalue weighted by Gasteiger charge is -2.26. The molecule has 0 bridgehead atoms. The van der Waals surface area contributed by atoms with Crippen molar-refractivity contribution in [3.63, 3.8) is 0 Å². The van der Waals surface area contributed by atoms with Crippen LogP contribution in [0.4, 0.5) is 22.4 Å². The Bertz CT molecular complexity index is 824. The molecule has 4 rings (SSSR count). The van der Waals surface area contributed by atoms with Crippen LogP contribution >= 0.6 is 0 Å². The summed E-state index contributed by atoms with van der Waals surface area (Å²) in [6, 6.07) is 7.46. The standard InChI is InChI=1S/C21H31N7O2/c22-19-25-20(26-28(19)21(29)24-16-6-2-3-7-16)23-17-8-10-18(11-9-17)30-15-14-27-12-4-1-5-13-27/h8-11,16H,1-7,12-15H2,(H,24,29)(H3,22,23,25,26). The fourth-order valence-corrected chi connectivity index (χ4v) is 4.07. The van der Waals surface area contributed by atoms with Crippen LogP contribution in [-0.4, -0.2) is 58.0 Å². The first-order valence-corrected chi connectivity index (χ1v) is 10.9. The summed E-state index contributed by atoms with van der Waals surface area (Å²) in [5, 5.41) is 10.2. The minimum absolute atomic E-state index is 0.0608. The maximum atomic E-state index is 12.4. The van der Waals surface area contributed by atoms with E-state index in [1.165, 1.54) is 32.4 Å². The van der Waals surface area contributed by atoms with Crippen molar-refractivity contribution < 1.29 is 9.53 Å². The van der Waals surface area contributed by atoms with E-state index in [9.17, 15) is 4.79 Å². The zero-order chi connectivity index (χ0) is 20.8.